The van der Waals surface area contributed by atoms with Crippen molar-refractivity contribution >= 4 is 17.2 Å². The number of amides is 1. The fourth-order valence-corrected chi connectivity index (χ4v) is 1.84. The third kappa shape index (κ3) is 4.00. The van der Waals surface area contributed by atoms with E-state index in [0.29, 0.717) is 6.54 Å². The summed E-state index contributed by atoms with van der Waals surface area (Å²) in [6, 6.07) is 0. The monoisotopic (exact) mass is 226 g/mol. The highest BCUT2D eigenvalue weighted by molar-refractivity contribution is 7.09. The second-order valence-electron chi connectivity index (χ2n) is 4.64. The van der Waals surface area contributed by atoms with Crippen molar-refractivity contribution in [3.05, 3.63) is 16.1 Å². The molecule has 15 heavy (non-hydrogen) atoms. The van der Waals surface area contributed by atoms with E-state index in [1.807, 2.05) is 33.1 Å². The van der Waals surface area contributed by atoms with E-state index in [-0.39, 0.29) is 11.3 Å². The Hall–Kier alpha value is -0.900. The van der Waals surface area contributed by atoms with Gasteiger partial charge in [-0.25, -0.2) is 4.98 Å². The first-order chi connectivity index (χ1) is 6.89. The topological polar surface area (TPSA) is 42.0 Å². The van der Waals surface area contributed by atoms with Gasteiger partial charge in [0.15, 0.2) is 0 Å². The maximum Gasteiger partial charge on any atom is 0.225 e. The summed E-state index contributed by atoms with van der Waals surface area (Å²) in [5, 5.41) is 6.02. The molecule has 1 rings (SSSR count). The van der Waals surface area contributed by atoms with Gasteiger partial charge in [-0.1, -0.05) is 20.8 Å². The lowest BCUT2D eigenvalue weighted by molar-refractivity contribution is -0.128. The van der Waals surface area contributed by atoms with E-state index in [9.17, 15) is 4.79 Å². The Balaban J connectivity index is 2.31. The highest BCUT2D eigenvalue weighted by Crippen LogP contribution is 2.13. The summed E-state index contributed by atoms with van der Waals surface area (Å²) < 4.78 is 0. The van der Waals surface area contributed by atoms with Gasteiger partial charge >= 0.3 is 0 Å². The minimum absolute atomic E-state index is 0.0933. The molecule has 4 heteroatoms. The van der Waals surface area contributed by atoms with Gasteiger partial charge in [-0.3, -0.25) is 4.79 Å². The molecule has 0 fully saturated rings. The Morgan fingerprint density at radius 1 is 1.53 bits per heavy atom. The van der Waals surface area contributed by atoms with Crippen LogP contribution in [0.2, 0.25) is 0 Å². The number of carbonyl (C=O) groups is 1. The summed E-state index contributed by atoms with van der Waals surface area (Å²) in [5.74, 6) is 0.0933. The maximum atomic E-state index is 11.5. The number of thiazole rings is 1. The first kappa shape index (κ1) is 12.2. The molecule has 0 aromatic carbocycles. The molecule has 0 unspecified atom stereocenters. The van der Waals surface area contributed by atoms with Crippen LogP contribution in [0, 0.1) is 12.3 Å². The minimum atomic E-state index is -0.307. The van der Waals surface area contributed by atoms with Gasteiger partial charge in [-0.05, 0) is 6.92 Å². The van der Waals surface area contributed by atoms with Crippen LogP contribution < -0.4 is 5.32 Å². The van der Waals surface area contributed by atoms with E-state index in [1.165, 1.54) is 0 Å². The van der Waals surface area contributed by atoms with E-state index in [1.54, 1.807) is 11.3 Å². The summed E-state index contributed by atoms with van der Waals surface area (Å²) >= 11 is 1.65. The quantitative estimate of drug-likeness (QED) is 0.858. The molecule has 1 heterocycles. The van der Waals surface area contributed by atoms with Gasteiger partial charge in [0, 0.05) is 29.5 Å². The van der Waals surface area contributed by atoms with Crippen LogP contribution in [0.4, 0.5) is 0 Å². The standard InChI is InChI=1S/C11H18N2OS/c1-8-7-15-9(13-8)5-6-12-10(14)11(2,3)4/h7H,5-6H2,1-4H3,(H,12,14). The van der Waals surface area contributed by atoms with Crippen LogP contribution in [0.25, 0.3) is 0 Å². The fourth-order valence-electron chi connectivity index (χ4n) is 1.07. The molecule has 1 aromatic rings. The summed E-state index contributed by atoms with van der Waals surface area (Å²) in [6.07, 6.45) is 0.820. The molecule has 0 aliphatic rings. The summed E-state index contributed by atoms with van der Waals surface area (Å²) in [4.78, 5) is 15.9. The van der Waals surface area contributed by atoms with Crippen LogP contribution in [-0.2, 0) is 11.2 Å². The second kappa shape index (κ2) is 4.75. The summed E-state index contributed by atoms with van der Waals surface area (Å²) in [5.41, 5.74) is 0.746. The van der Waals surface area contributed by atoms with Crippen molar-refractivity contribution in [1.82, 2.24) is 10.3 Å². The predicted molar refractivity (Wildman–Crippen MR) is 63.0 cm³/mol. The Kier molecular flexibility index (Phi) is 3.85. The van der Waals surface area contributed by atoms with Crippen molar-refractivity contribution in [3.63, 3.8) is 0 Å². The number of hydrogen-bond donors (Lipinski definition) is 1. The zero-order valence-electron chi connectivity index (χ0n) is 9.76. The average molecular weight is 226 g/mol. The van der Waals surface area contributed by atoms with Gasteiger partial charge in [0.25, 0.3) is 0 Å². The van der Waals surface area contributed by atoms with Crippen LogP contribution in [-0.4, -0.2) is 17.4 Å². The van der Waals surface area contributed by atoms with E-state index < -0.39 is 0 Å². The highest BCUT2D eigenvalue weighted by Gasteiger charge is 2.20. The molecule has 0 aliphatic carbocycles. The second-order valence-corrected chi connectivity index (χ2v) is 5.58. The SMILES string of the molecule is Cc1csc(CCNC(=O)C(C)(C)C)n1. The predicted octanol–water partition coefficient (Wildman–Crippen LogP) is 2.16. The smallest absolute Gasteiger partial charge is 0.225 e. The third-order valence-electron chi connectivity index (χ3n) is 1.97. The average Bonchev–Trinajstić information content (AvgIpc) is 2.49. The number of aromatic nitrogens is 1. The first-order valence-electron chi connectivity index (χ1n) is 5.09. The molecule has 0 atom stereocenters. The van der Waals surface area contributed by atoms with Crippen LogP contribution in [0.15, 0.2) is 5.38 Å². The molecule has 0 saturated heterocycles. The van der Waals surface area contributed by atoms with E-state index in [4.69, 9.17) is 0 Å². The van der Waals surface area contributed by atoms with Crippen LogP contribution in [0.3, 0.4) is 0 Å². The Morgan fingerprint density at radius 2 is 2.20 bits per heavy atom. The molecule has 0 aliphatic heterocycles. The molecule has 1 aromatic heterocycles. The molecular weight excluding hydrogens is 208 g/mol. The molecule has 0 saturated carbocycles. The molecule has 0 bridgehead atoms. The lowest BCUT2D eigenvalue weighted by atomic mass is 9.96. The third-order valence-corrected chi connectivity index (χ3v) is 3.00. The molecule has 0 spiro atoms. The molecule has 3 nitrogen and oxygen atoms in total. The number of nitrogens with one attached hydrogen (secondary N) is 1. The van der Waals surface area contributed by atoms with Crippen molar-refractivity contribution in [1.29, 1.82) is 0 Å². The largest absolute Gasteiger partial charge is 0.355 e. The maximum absolute atomic E-state index is 11.5. The van der Waals surface area contributed by atoms with E-state index in [2.05, 4.69) is 10.3 Å². The van der Waals surface area contributed by atoms with Gasteiger partial charge in [0.05, 0.1) is 5.01 Å². The molecule has 0 radical (unpaired) electrons. The van der Waals surface area contributed by atoms with Crippen molar-refractivity contribution < 1.29 is 4.79 Å². The molecule has 84 valence electrons. The zero-order valence-corrected chi connectivity index (χ0v) is 10.6. The summed E-state index contributed by atoms with van der Waals surface area (Å²) in [6.45, 7) is 8.39. The molecule has 1 amide bonds. The zero-order chi connectivity index (χ0) is 11.5. The van der Waals surface area contributed by atoms with Crippen molar-refractivity contribution in [2.24, 2.45) is 5.41 Å². The number of rotatable bonds is 3. The highest BCUT2D eigenvalue weighted by atomic mass is 32.1. The van der Waals surface area contributed by atoms with Gasteiger partial charge in [0.1, 0.15) is 0 Å². The van der Waals surface area contributed by atoms with Gasteiger partial charge in [-0.2, -0.15) is 0 Å². The number of carbonyl (C=O) groups excluding carboxylic acids is 1. The van der Waals surface area contributed by atoms with E-state index in [0.717, 1.165) is 17.1 Å². The first-order valence-corrected chi connectivity index (χ1v) is 5.97. The number of aryl methyl sites for hydroxylation is 1. The van der Waals surface area contributed by atoms with Crippen molar-refractivity contribution in [2.75, 3.05) is 6.54 Å². The normalized spacial score (nSPS) is 11.5. The summed E-state index contributed by atoms with van der Waals surface area (Å²) in [7, 11) is 0. The Bertz CT molecular complexity index is 339. The van der Waals surface area contributed by atoms with Crippen LogP contribution in [0.1, 0.15) is 31.5 Å². The van der Waals surface area contributed by atoms with Gasteiger partial charge in [0.2, 0.25) is 5.91 Å². The van der Waals surface area contributed by atoms with Gasteiger partial charge in [-0.15, -0.1) is 11.3 Å². The van der Waals surface area contributed by atoms with Crippen LogP contribution >= 0.6 is 11.3 Å². The number of nitrogens with zero attached hydrogens (tertiary/aromatic N) is 1. The van der Waals surface area contributed by atoms with E-state index >= 15 is 0 Å². The molecule has 1 N–H and O–H groups in total. The van der Waals surface area contributed by atoms with Crippen molar-refractivity contribution in [2.45, 2.75) is 34.1 Å². The molecular formula is C11H18N2OS. The Labute approximate surface area is 94.9 Å². The lowest BCUT2D eigenvalue weighted by Crippen LogP contribution is -2.35. The minimum Gasteiger partial charge on any atom is -0.355 e. The lowest BCUT2D eigenvalue weighted by Gasteiger charge is -2.17. The van der Waals surface area contributed by atoms with Gasteiger partial charge < -0.3 is 5.32 Å². The Morgan fingerprint density at radius 3 is 2.67 bits per heavy atom. The fraction of sp³-hybridized carbons (Fsp3) is 0.636. The van der Waals surface area contributed by atoms with Crippen LogP contribution in [0.5, 0.6) is 0 Å². The number of hydrogen-bond acceptors (Lipinski definition) is 3. The van der Waals surface area contributed by atoms with Crippen molar-refractivity contribution in [3.8, 4) is 0 Å².